The van der Waals surface area contributed by atoms with E-state index in [1.165, 1.54) is 5.56 Å². The monoisotopic (exact) mass is 417 g/mol. The molecule has 0 unspecified atom stereocenters. The van der Waals surface area contributed by atoms with Crippen molar-refractivity contribution in [2.45, 2.75) is 39.4 Å². The molecule has 0 aliphatic carbocycles. The predicted molar refractivity (Wildman–Crippen MR) is 87.9 cm³/mol. The van der Waals surface area contributed by atoms with E-state index in [0.29, 0.717) is 5.92 Å². The number of halogens is 2. The second kappa shape index (κ2) is 10.1. The minimum Gasteiger partial charge on any atom is -1.00 e. The van der Waals surface area contributed by atoms with Crippen LogP contribution in [0, 0.1) is 5.92 Å². The number of hydrogen-bond donors (Lipinski definition) is 1. The van der Waals surface area contributed by atoms with Crippen LogP contribution in [0.4, 0.5) is 0 Å². The van der Waals surface area contributed by atoms with Crippen molar-refractivity contribution in [1.29, 1.82) is 0 Å². The van der Waals surface area contributed by atoms with Crippen molar-refractivity contribution in [3.05, 3.63) is 54.6 Å². The number of hydrogen-bond acceptors (Lipinski definition) is 1. The maximum absolute atomic E-state index is 6.14. The van der Waals surface area contributed by atoms with Gasteiger partial charge in [0, 0.05) is 6.04 Å². The molecular formula is C16H25Br2N3. The van der Waals surface area contributed by atoms with Crippen molar-refractivity contribution < 1.29 is 21.5 Å². The van der Waals surface area contributed by atoms with Gasteiger partial charge in [0.1, 0.15) is 25.5 Å². The standard InChI is InChI=1S/C16H24N3.2BrH/c1-14(2)10-16(17)12-19-9-8-18(13-19)11-15-6-4-3-5-7-15;;/h3-9,13-14,16H,10-12,17H2,1-2H3;2*1H/q+1;;/p-1/t16-;;/m0../s1. The third-order valence-electron chi connectivity index (χ3n) is 3.17. The van der Waals surface area contributed by atoms with Crippen molar-refractivity contribution in [3.63, 3.8) is 0 Å². The summed E-state index contributed by atoms with van der Waals surface area (Å²) < 4.78 is 4.37. The Bertz CT molecular complexity index is 497. The average Bonchev–Trinajstić information content (AvgIpc) is 2.76. The molecule has 0 aliphatic heterocycles. The third kappa shape index (κ3) is 7.25. The number of rotatable bonds is 6. The van der Waals surface area contributed by atoms with Crippen LogP contribution in [0.15, 0.2) is 49.1 Å². The highest BCUT2D eigenvalue weighted by atomic mass is 79.9. The number of benzene rings is 1. The van der Waals surface area contributed by atoms with Gasteiger partial charge in [-0.3, -0.25) is 0 Å². The van der Waals surface area contributed by atoms with E-state index < -0.39 is 0 Å². The molecule has 118 valence electrons. The molecule has 0 spiro atoms. The molecule has 1 aromatic heterocycles. The number of aromatic nitrogens is 2. The maximum Gasteiger partial charge on any atom is 0.244 e. The Morgan fingerprint density at radius 1 is 1.19 bits per heavy atom. The largest absolute Gasteiger partial charge is 1.00 e. The van der Waals surface area contributed by atoms with E-state index >= 15 is 0 Å². The molecule has 5 heteroatoms. The molecule has 2 N–H and O–H groups in total. The van der Waals surface area contributed by atoms with Crippen LogP contribution in [0.1, 0.15) is 25.8 Å². The van der Waals surface area contributed by atoms with Crippen LogP contribution in [0.3, 0.4) is 0 Å². The molecule has 1 atom stereocenters. The third-order valence-corrected chi connectivity index (χ3v) is 3.17. The lowest BCUT2D eigenvalue weighted by molar-refractivity contribution is -0.687. The predicted octanol–water partition coefficient (Wildman–Crippen LogP) is -0.221. The summed E-state index contributed by atoms with van der Waals surface area (Å²) in [4.78, 5) is 0. The fourth-order valence-electron chi connectivity index (χ4n) is 2.39. The van der Waals surface area contributed by atoms with Crippen LogP contribution in [-0.4, -0.2) is 10.6 Å². The minimum absolute atomic E-state index is 0. The van der Waals surface area contributed by atoms with E-state index in [-0.39, 0.29) is 40.0 Å². The van der Waals surface area contributed by atoms with Gasteiger partial charge >= 0.3 is 0 Å². The molecule has 0 amide bonds. The number of imidazole rings is 1. The SMILES string of the molecule is Br.CC(C)C[C@H](N)Cn1cc[n+](Cc2ccccc2)c1.[Br-]. The van der Waals surface area contributed by atoms with Crippen LogP contribution in [0.5, 0.6) is 0 Å². The summed E-state index contributed by atoms with van der Waals surface area (Å²) in [5, 5.41) is 0. The lowest BCUT2D eigenvalue weighted by Crippen LogP contribution is -3.00. The van der Waals surface area contributed by atoms with E-state index in [1.54, 1.807) is 0 Å². The van der Waals surface area contributed by atoms with Crippen LogP contribution >= 0.6 is 17.0 Å². The van der Waals surface area contributed by atoms with Gasteiger partial charge in [-0.05, 0) is 17.9 Å². The molecule has 0 fully saturated rings. The lowest BCUT2D eigenvalue weighted by atomic mass is 10.0. The first-order valence-electron chi connectivity index (χ1n) is 6.98. The Morgan fingerprint density at radius 3 is 2.48 bits per heavy atom. The smallest absolute Gasteiger partial charge is 0.244 e. The molecule has 2 aromatic rings. The highest BCUT2D eigenvalue weighted by Crippen LogP contribution is 2.04. The molecule has 0 saturated carbocycles. The Hall–Kier alpha value is -0.650. The van der Waals surface area contributed by atoms with Gasteiger partial charge in [-0.15, -0.1) is 17.0 Å². The van der Waals surface area contributed by atoms with Gasteiger partial charge in [-0.2, -0.15) is 0 Å². The van der Waals surface area contributed by atoms with Gasteiger partial charge in [0.2, 0.25) is 6.33 Å². The Kier molecular flexibility index (Phi) is 9.83. The van der Waals surface area contributed by atoms with Gasteiger partial charge in [-0.1, -0.05) is 44.2 Å². The van der Waals surface area contributed by atoms with Crippen molar-refractivity contribution in [3.8, 4) is 0 Å². The molecule has 21 heavy (non-hydrogen) atoms. The highest BCUT2D eigenvalue weighted by molar-refractivity contribution is 8.93. The summed E-state index contributed by atoms with van der Waals surface area (Å²) in [5.74, 6) is 0.655. The van der Waals surface area contributed by atoms with Crippen LogP contribution < -0.4 is 27.3 Å². The summed E-state index contributed by atoms with van der Waals surface area (Å²) in [6, 6.07) is 10.7. The molecule has 2 rings (SSSR count). The summed E-state index contributed by atoms with van der Waals surface area (Å²) in [5.41, 5.74) is 7.45. The van der Waals surface area contributed by atoms with E-state index in [2.05, 4.69) is 66.0 Å². The molecule has 3 nitrogen and oxygen atoms in total. The molecule has 1 heterocycles. The fraction of sp³-hybridized carbons (Fsp3) is 0.438. The van der Waals surface area contributed by atoms with Crippen molar-refractivity contribution >= 4 is 17.0 Å². The second-order valence-electron chi connectivity index (χ2n) is 5.66. The van der Waals surface area contributed by atoms with E-state index in [9.17, 15) is 0 Å². The molecule has 0 bridgehead atoms. The first-order valence-corrected chi connectivity index (χ1v) is 6.98. The topological polar surface area (TPSA) is 34.8 Å². The summed E-state index contributed by atoms with van der Waals surface area (Å²) in [6.45, 7) is 6.23. The Balaban J connectivity index is 0.00000200. The minimum atomic E-state index is 0. The van der Waals surface area contributed by atoms with Crippen molar-refractivity contribution in [1.82, 2.24) is 4.57 Å². The van der Waals surface area contributed by atoms with Gasteiger partial charge in [0.15, 0.2) is 0 Å². The normalized spacial score (nSPS) is 11.6. The zero-order valence-electron chi connectivity index (χ0n) is 12.7. The summed E-state index contributed by atoms with van der Waals surface area (Å²) in [6.07, 6.45) is 7.41. The van der Waals surface area contributed by atoms with Gasteiger partial charge < -0.3 is 22.7 Å². The number of nitrogens with two attached hydrogens (primary N) is 1. The Labute approximate surface area is 148 Å². The quantitative estimate of drug-likeness (QED) is 0.646. The van der Waals surface area contributed by atoms with Crippen LogP contribution in [0.2, 0.25) is 0 Å². The first kappa shape index (κ1) is 20.3. The fourth-order valence-corrected chi connectivity index (χ4v) is 2.39. The molecular weight excluding hydrogens is 394 g/mol. The van der Waals surface area contributed by atoms with Crippen molar-refractivity contribution in [2.75, 3.05) is 0 Å². The highest BCUT2D eigenvalue weighted by Gasteiger charge is 2.11. The molecule has 0 aliphatic rings. The average molecular weight is 419 g/mol. The maximum atomic E-state index is 6.14. The second-order valence-corrected chi connectivity index (χ2v) is 5.66. The van der Waals surface area contributed by atoms with E-state index in [0.717, 1.165) is 19.5 Å². The van der Waals surface area contributed by atoms with Crippen LogP contribution in [0.25, 0.3) is 0 Å². The zero-order chi connectivity index (χ0) is 13.7. The van der Waals surface area contributed by atoms with Crippen molar-refractivity contribution in [2.24, 2.45) is 11.7 Å². The first-order chi connectivity index (χ1) is 9.13. The molecule has 1 aromatic carbocycles. The lowest BCUT2D eigenvalue weighted by Gasteiger charge is -2.11. The Morgan fingerprint density at radius 2 is 1.86 bits per heavy atom. The van der Waals surface area contributed by atoms with Gasteiger partial charge in [0.05, 0.1) is 0 Å². The zero-order valence-corrected chi connectivity index (χ0v) is 16.0. The summed E-state index contributed by atoms with van der Waals surface area (Å²) in [7, 11) is 0. The van der Waals surface area contributed by atoms with E-state index in [1.807, 2.05) is 6.07 Å². The van der Waals surface area contributed by atoms with Gasteiger partial charge in [-0.25, -0.2) is 9.13 Å². The molecule has 0 radical (unpaired) electrons. The van der Waals surface area contributed by atoms with Gasteiger partial charge in [0.25, 0.3) is 0 Å². The van der Waals surface area contributed by atoms with Crippen LogP contribution in [-0.2, 0) is 13.1 Å². The van der Waals surface area contributed by atoms with E-state index in [4.69, 9.17) is 5.73 Å². The number of nitrogens with zero attached hydrogens (tertiary/aromatic N) is 2. The summed E-state index contributed by atoms with van der Waals surface area (Å²) >= 11 is 0. The molecule has 0 saturated heterocycles.